The lowest BCUT2D eigenvalue weighted by atomic mass is 9.94. The number of hydrogen-bond donors (Lipinski definition) is 2. The molecule has 1 atom stereocenters. The minimum atomic E-state index is -0.732. The summed E-state index contributed by atoms with van der Waals surface area (Å²) in [6, 6.07) is 0.263. The zero-order valence-corrected chi connectivity index (χ0v) is 10.5. The van der Waals surface area contributed by atoms with E-state index in [1.54, 1.807) is 0 Å². The first-order valence-corrected chi connectivity index (χ1v) is 5.59. The lowest BCUT2D eigenvalue weighted by molar-refractivity contribution is -0.0699. The van der Waals surface area contributed by atoms with Crippen LogP contribution in [0.4, 0.5) is 4.79 Å². The van der Waals surface area contributed by atoms with Crippen LogP contribution >= 0.6 is 0 Å². The van der Waals surface area contributed by atoms with Crippen LogP contribution in [0.25, 0.3) is 0 Å². The first kappa shape index (κ1) is 13.3. The second-order valence-electron chi connectivity index (χ2n) is 5.34. The van der Waals surface area contributed by atoms with E-state index in [9.17, 15) is 4.79 Å². The summed E-state index contributed by atoms with van der Waals surface area (Å²) in [4.78, 5) is 10.4. The maximum absolute atomic E-state index is 10.4. The Hall–Kier alpha value is -0.810. The molecule has 1 fully saturated rings. The molecule has 1 saturated heterocycles. The standard InChI is InChI=1S/C11H22N2O3/c1-10(2)7-8(11(3,4)16-10)13-5-6-15-9(12)14/h8,13H,5-7H2,1-4H3,(H2,12,14). The molecule has 0 aromatic carbocycles. The minimum absolute atomic E-state index is 0.105. The van der Waals surface area contributed by atoms with Crippen LogP contribution in [0, 0.1) is 0 Å². The largest absolute Gasteiger partial charge is 0.448 e. The molecule has 0 aromatic heterocycles. The summed E-state index contributed by atoms with van der Waals surface area (Å²) in [5.74, 6) is 0. The van der Waals surface area contributed by atoms with E-state index >= 15 is 0 Å². The maximum atomic E-state index is 10.4. The quantitative estimate of drug-likeness (QED) is 0.707. The zero-order chi connectivity index (χ0) is 12.4. The monoisotopic (exact) mass is 230 g/mol. The number of ether oxygens (including phenoxy) is 2. The molecular weight excluding hydrogens is 208 g/mol. The van der Waals surface area contributed by atoms with Crippen LogP contribution in [0.15, 0.2) is 0 Å². The SMILES string of the molecule is CC1(C)CC(NCCOC(N)=O)C(C)(C)O1. The van der Waals surface area contributed by atoms with Gasteiger partial charge in [0.2, 0.25) is 0 Å². The van der Waals surface area contributed by atoms with E-state index in [0.29, 0.717) is 13.2 Å². The Kier molecular flexibility index (Phi) is 3.80. The van der Waals surface area contributed by atoms with Crippen LogP contribution in [0.5, 0.6) is 0 Å². The van der Waals surface area contributed by atoms with Crippen molar-refractivity contribution in [3.8, 4) is 0 Å². The smallest absolute Gasteiger partial charge is 0.404 e. The van der Waals surface area contributed by atoms with Crippen LogP contribution < -0.4 is 11.1 Å². The first-order chi connectivity index (χ1) is 7.23. The first-order valence-electron chi connectivity index (χ1n) is 5.59. The molecule has 16 heavy (non-hydrogen) atoms. The van der Waals surface area contributed by atoms with Crippen molar-refractivity contribution in [1.29, 1.82) is 0 Å². The second kappa shape index (κ2) is 4.59. The Morgan fingerprint density at radius 1 is 1.50 bits per heavy atom. The summed E-state index contributed by atoms with van der Waals surface area (Å²) in [5.41, 5.74) is 4.57. The lowest BCUT2D eigenvalue weighted by Gasteiger charge is -2.27. The Morgan fingerprint density at radius 2 is 2.12 bits per heavy atom. The number of nitrogens with two attached hydrogens (primary N) is 1. The van der Waals surface area contributed by atoms with Crippen molar-refractivity contribution < 1.29 is 14.3 Å². The van der Waals surface area contributed by atoms with E-state index in [2.05, 4.69) is 37.7 Å². The predicted molar refractivity (Wildman–Crippen MR) is 61.2 cm³/mol. The molecule has 1 aliphatic heterocycles. The highest BCUT2D eigenvalue weighted by molar-refractivity contribution is 5.64. The molecule has 94 valence electrons. The van der Waals surface area contributed by atoms with E-state index in [1.165, 1.54) is 0 Å². The third-order valence-electron chi connectivity index (χ3n) is 2.81. The molecular formula is C11H22N2O3. The Balaban J connectivity index is 2.34. The molecule has 0 radical (unpaired) electrons. The summed E-state index contributed by atoms with van der Waals surface area (Å²) in [6.45, 7) is 9.17. The summed E-state index contributed by atoms with van der Waals surface area (Å²) in [7, 11) is 0. The summed E-state index contributed by atoms with van der Waals surface area (Å²) >= 11 is 0. The Morgan fingerprint density at radius 3 is 2.56 bits per heavy atom. The third kappa shape index (κ3) is 3.64. The van der Waals surface area contributed by atoms with Gasteiger partial charge in [0, 0.05) is 12.6 Å². The van der Waals surface area contributed by atoms with E-state index in [4.69, 9.17) is 10.5 Å². The van der Waals surface area contributed by atoms with Gasteiger partial charge in [0.15, 0.2) is 0 Å². The zero-order valence-electron chi connectivity index (χ0n) is 10.5. The Labute approximate surface area is 96.7 Å². The van der Waals surface area contributed by atoms with Crippen LogP contribution in [0.2, 0.25) is 0 Å². The molecule has 1 aliphatic rings. The topological polar surface area (TPSA) is 73.6 Å². The molecule has 0 aromatic rings. The van der Waals surface area contributed by atoms with Crippen LogP contribution in [0.1, 0.15) is 34.1 Å². The highest BCUT2D eigenvalue weighted by Crippen LogP contribution is 2.36. The van der Waals surface area contributed by atoms with Crippen molar-refractivity contribution in [3.63, 3.8) is 0 Å². The van der Waals surface area contributed by atoms with Gasteiger partial charge >= 0.3 is 6.09 Å². The molecule has 3 N–H and O–H groups in total. The van der Waals surface area contributed by atoms with Gasteiger partial charge in [-0.1, -0.05) is 0 Å². The second-order valence-corrected chi connectivity index (χ2v) is 5.34. The molecule has 0 bridgehead atoms. The molecule has 1 unspecified atom stereocenters. The van der Waals surface area contributed by atoms with Crippen molar-refractivity contribution in [2.24, 2.45) is 5.73 Å². The Bertz CT molecular complexity index is 264. The minimum Gasteiger partial charge on any atom is -0.448 e. The lowest BCUT2D eigenvalue weighted by Crippen LogP contribution is -2.44. The fourth-order valence-corrected chi connectivity index (χ4v) is 2.27. The van der Waals surface area contributed by atoms with Crippen LogP contribution in [0.3, 0.4) is 0 Å². The van der Waals surface area contributed by atoms with Gasteiger partial charge in [0.05, 0.1) is 11.2 Å². The maximum Gasteiger partial charge on any atom is 0.404 e. The van der Waals surface area contributed by atoms with Gasteiger partial charge in [-0.2, -0.15) is 0 Å². The average Bonchev–Trinajstić information content (AvgIpc) is 2.27. The fourth-order valence-electron chi connectivity index (χ4n) is 2.27. The summed E-state index contributed by atoms with van der Waals surface area (Å²) < 4.78 is 10.6. The summed E-state index contributed by atoms with van der Waals surface area (Å²) in [5, 5.41) is 3.33. The molecule has 5 nitrogen and oxygen atoms in total. The molecule has 1 rings (SSSR count). The van der Waals surface area contributed by atoms with Gasteiger partial charge in [0.1, 0.15) is 6.61 Å². The van der Waals surface area contributed by atoms with E-state index < -0.39 is 6.09 Å². The third-order valence-corrected chi connectivity index (χ3v) is 2.81. The number of nitrogens with one attached hydrogen (secondary N) is 1. The van der Waals surface area contributed by atoms with E-state index in [0.717, 1.165) is 6.42 Å². The van der Waals surface area contributed by atoms with Crippen molar-refractivity contribution in [1.82, 2.24) is 5.32 Å². The van der Waals surface area contributed by atoms with Crippen LogP contribution in [-0.4, -0.2) is 36.5 Å². The van der Waals surface area contributed by atoms with Crippen molar-refractivity contribution >= 4 is 6.09 Å². The van der Waals surface area contributed by atoms with E-state index in [-0.39, 0.29) is 17.2 Å². The van der Waals surface area contributed by atoms with Gasteiger partial charge in [0.25, 0.3) is 0 Å². The van der Waals surface area contributed by atoms with Crippen LogP contribution in [-0.2, 0) is 9.47 Å². The van der Waals surface area contributed by atoms with Gasteiger partial charge < -0.3 is 20.5 Å². The highest BCUT2D eigenvalue weighted by Gasteiger charge is 2.45. The molecule has 5 heteroatoms. The number of rotatable bonds is 4. The highest BCUT2D eigenvalue weighted by atomic mass is 16.5. The average molecular weight is 230 g/mol. The number of carbonyl (C=O) groups excluding carboxylic acids is 1. The molecule has 0 spiro atoms. The van der Waals surface area contributed by atoms with Crippen molar-refractivity contribution in [2.75, 3.05) is 13.2 Å². The van der Waals surface area contributed by atoms with Gasteiger partial charge in [-0.05, 0) is 34.1 Å². The van der Waals surface area contributed by atoms with Gasteiger partial charge in [-0.3, -0.25) is 0 Å². The van der Waals surface area contributed by atoms with Crippen molar-refractivity contribution in [2.45, 2.75) is 51.4 Å². The number of carbonyl (C=O) groups is 1. The van der Waals surface area contributed by atoms with Crippen molar-refractivity contribution in [3.05, 3.63) is 0 Å². The number of primary amides is 1. The number of amides is 1. The van der Waals surface area contributed by atoms with Gasteiger partial charge in [-0.15, -0.1) is 0 Å². The molecule has 1 amide bonds. The fraction of sp³-hybridized carbons (Fsp3) is 0.909. The normalized spacial score (nSPS) is 26.6. The molecule has 0 aliphatic carbocycles. The predicted octanol–water partition coefficient (Wildman–Crippen LogP) is 1.02. The van der Waals surface area contributed by atoms with E-state index in [1.807, 2.05) is 0 Å². The molecule has 0 saturated carbocycles. The summed E-state index contributed by atoms with van der Waals surface area (Å²) in [6.07, 6.45) is 0.209. The number of hydrogen-bond acceptors (Lipinski definition) is 4. The van der Waals surface area contributed by atoms with Gasteiger partial charge in [-0.25, -0.2) is 4.79 Å². The molecule has 1 heterocycles.